The van der Waals surface area contributed by atoms with Gasteiger partial charge in [-0.2, -0.15) is 13.2 Å². The first kappa shape index (κ1) is 18.0. The van der Waals surface area contributed by atoms with E-state index >= 15 is 0 Å². The molecule has 22 heavy (non-hydrogen) atoms. The largest absolute Gasteiger partial charge is 0.490 e. The van der Waals surface area contributed by atoms with Crippen molar-refractivity contribution in [3.63, 3.8) is 0 Å². The zero-order chi connectivity index (χ0) is 16.8. The van der Waals surface area contributed by atoms with Crippen molar-refractivity contribution in [3.8, 4) is 0 Å². The standard InChI is InChI=1S/C12H16N2O.C2HF3O2/c13-14(11-8-4-5-9-11)12(15)10-6-2-1-3-7-10;3-2(4,5)1(6)7/h1-3,6-7,11H,4-5,8-9,13H2;(H,6,7). The van der Waals surface area contributed by atoms with Crippen LogP contribution in [0, 0.1) is 0 Å². The van der Waals surface area contributed by atoms with Crippen LogP contribution in [0.3, 0.4) is 0 Å². The maximum Gasteiger partial charge on any atom is 0.490 e. The Labute approximate surface area is 125 Å². The highest BCUT2D eigenvalue weighted by Crippen LogP contribution is 2.22. The molecular formula is C14H17F3N2O3. The van der Waals surface area contributed by atoms with Gasteiger partial charge in [0.2, 0.25) is 0 Å². The number of carboxylic acids is 1. The number of aliphatic carboxylic acids is 1. The number of nitrogens with zero attached hydrogens (tertiary/aromatic N) is 1. The number of carbonyl (C=O) groups is 2. The first-order valence-corrected chi connectivity index (χ1v) is 6.67. The van der Waals surface area contributed by atoms with Crippen molar-refractivity contribution in [2.45, 2.75) is 37.9 Å². The fourth-order valence-corrected chi connectivity index (χ4v) is 2.08. The highest BCUT2D eigenvalue weighted by Gasteiger charge is 2.38. The number of alkyl halides is 3. The summed E-state index contributed by atoms with van der Waals surface area (Å²) >= 11 is 0. The van der Waals surface area contributed by atoms with E-state index in [2.05, 4.69) is 0 Å². The summed E-state index contributed by atoms with van der Waals surface area (Å²) in [5, 5.41) is 8.53. The molecule has 1 aromatic carbocycles. The Balaban J connectivity index is 0.000000295. The lowest BCUT2D eigenvalue weighted by Crippen LogP contribution is -2.44. The number of halogens is 3. The van der Waals surface area contributed by atoms with Crippen LogP contribution >= 0.6 is 0 Å². The maximum absolute atomic E-state index is 11.9. The molecule has 1 saturated carbocycles. The number of hydrogen-bond donors (Lipinski definition) is 2. The molecule has 1 aromatic rings. The Morgan fingerprint density at radius 2 is 1.59 bits per heavy atom. The zero-order valence-corrected chi connectivity index (χ0v) is 11.7. The van der Waals surface area contributed by atoms with Crippen LogP contribution in [0.25, 0.3) is 0 Å². The third kappa shape index (κ3) is 5.36. The number of carboxylic acid groups (broad SMARTS) is 1. The molecule has 0 heterocycles. The Bertz CT molecular complexity index is 500. The highest BCUT2D eigenvalue weighted by atomic mass is 19.4. The number of carbonyl (C=O) groups excluding carboxylic acids is 1. The molecule has 0 unspecified atom stereocenters. The van der Waals surface area contributed by atoms with Crippen molar-refractivity contribution in [2.24, 2.45) is 5.84 Å². The lowest BCUT2D eigenvalue weighted by atomic mass is 10.1. The minimum absolute atomic E-state index is 0.0671. The molecule has 122 valence electrons. The lowest BCUT2D eigenvalue weighted by Gasteiger charge is -2.23. The third-order valence-corrected chi connectivity index (χ3v) is 3.22. The van der Waals surface area contributed by atoms with Gasteiger partial charge in [-0.15, -0.1) is 0 Å². The van der Waals surface area contributed by atoms with Crippen molar-refractivity contribution in [1.29, 1.82) is 0 Å². The van der Waals surface area contributed by atoms with Crippen molar-refractivity contribution in [1.82, 2.24) is 5.01 Å². The molecule has 0 bridgehead atoms. The van der Waals surface area contributed by atoms with Crippen LogP contribution in [-0.2, 0) is 4.79 Å². The van der Waals surface area contributed by atoms with Gasteiger partial charge in [-0.25, -0.2) is 10.6 Å². The minimum Gasteiger partial charge on any atom is -0.475 e. The molecule has 1 amide bonds. The summed E-state index contributed by atoms with van der Waals surface area (Å²) in [5.41, 5.74) is 0.673. The average molecular weight is 318 g/mol. The summed E-state index contributed by atoms with van der Waals surface area (Å²) in [4.78, 5) is 20.8. The molecule has 5 nitrogen and oxygen atoms in total. The van der Waals surface area contributed by atoms with Crippen LogP contribution in [0.5, 0.6) is 0 Å². The molecule has 0 radical (unpaired) electrons. The fourth-order valence-electron chi connectivity index (χ4n) is 2.08. The van der Waals surface area contributed by atoms with Gasteiger partial charge in [0.15, 0.2) is 0 Å². The summed E-state index contributed by atoms with van der Waals surface area (Å²) in [6.07, 6.45) is -0.648. The molecule has 0 aromatic heterocycles. The van der Waals surface area contributed by atoms with Crippen molar-refractivity contribution in [2.75, 3.05) is 0 Å². The van der Waals surface area contributed by atoms with Crippen LogP contribution in [0.4, 0.5) is 13.2 Å². The van der Waals surface area contributed by atoms with E-state index in [9.17, 15) is 18.0 Å². The maximum atomic E-state index is 11.9. The molecule has 0 spiro atoms. The monoisotopic (exact) mass is 318 g/mol. The molecule has 3 N–H and O–H groups in total. The van der Waals surface area contributed by atoms with E-state index in [1.807, 2.05) is 18.2 Å². The van der Waals surface area contributed by atoms with Gasteiger partial charge in [0.1, 0.15) is 0 Å². The SMILES string of the molecule is NN(C(=O)c1ccccc1)C1CCCC1.O=C(O)C(F)(F)F. The number of hydrazine groups is 1. The van der Waals surface area contributed by atoms with Crippen molar-refractivity contribution in [3.05, 3.63) is 35.9 Å². The van der Waals surface area contributed by atoms with E-state index in [0.29, 0.717) is 5.56 Å². The molecular weight excluding hydrogens is 301 g/mol. The molecule has 8 heteroatoms. The number of hydrogen-bond acceptors (Lipinski definition) is 3. The van der Waals surface area contributed by atoms with E-state index in [4.69, 9.17) is 15.7 Å². The number of rotatable bonds is 2. The predicted molar refractivity (Wildman–Crippen MR) is 72.7 cm³/mol. The predicted octanol–water partition coefficient (Wildman–Crippen LogP) is 2.58. The zero-order valence-electron chi connectivity index (χ0n) is 11.7. The Morgan fingerprint density at radius 3 is 2.00 bits per heavy atom. The number of benzene rings is 1. The van der Waals surface area contributed by atoms with Gasteiger partial charge in [0.25, 0.3) is 5.91 Å². The summed E-state index contributed by atoms with van der Waals surface area (Å²) < 4.78 is 31.7. The Hall–Kier alpha value is -2.09. The fraction of sp³-hybridized carbons (Fsp3) is 0.429. The number of amides is 1. The minimum atomic E-state index is -5.08. The van der Waals surface area contributed by atoms with Crippen LogP contribution in [0.2, 0.25) is 0 Å². The second-order valence-electron chi connectivity index (χ2n) is 4.82. The molecule has 1 fully saturated rings. The molecule has 0 saturated heterocycles. The summed E-state index contributed by atoms with van der Waals surface area (Å²) in [6.45, 7) is 0. The van der Waals surface area contributed by atoms with Crippen molar-refractivity contribution >= 4 is 11.9 Å². The van der Waals surface area contributed by atoms with Gasteiger partial charge < -0.3 is 5.11 Å². The first-order valence-electron chi connectivity index (χ1n) is 6.67. The van der Waals surface area contributed by atoms with Crippen LogP contribution in [0.1, 0.15) is 36.0 Å². The summed E-state index contributed by atoms with van der Waals surface area (Å²) in [7, 11) is 0. The molecule has 0 atom stereocenters. The van der Waals surface area contributed by atoms with Gasteiger partial charge in [-0.1, -0.05) is 31.0 Å². The molecule has 0 aliphatic heterocycles. The van der Waals surface area contributed by atoms with E-state index in [0.717, 1.165) is 12.8 Å². The van der Waals surface area contributed by atoms with Crippen LogP contribution < -0.4 is 5.84 Å². The lowest BCUT2D eigenvalue weighted by molar-refractivity contribution is -0.192. The van der Waals surface area contributed by atoms with E-state index in [-0.39, 0.29) is 11.9 Å². The van der Waals surface area contributed by atoms with Gasteiger partial charge in [0, 0.05) is 11.6 Å². The van der Waals surface area contributed by atoms with Gasteiger partial charge in [-0.05, 0) is 25.0 Å². The van der Waals surface area contributed by atoms with Crippen LogP contribution in [-0.4, -0.2) is 34.2 Å². The topological polar surface area (TPSA) is 83.6 Å². The van der Waals surface area contributed by atoms with Crippen molar-refractivity contribution < 1.29 is 27.9 Å². The Kier molecular flexibility index (Phi) is 6.36. The van der Waals surface area contributed by atoms with E-state index < -0.39 is 12.1 Å². The number of nitrogens with two attached hydrogens (primary N) is 1. The molecule has 2 rings (SSSR count). The Morgan fingerprint density at radius 1 is 1.14 bits per heavy atom. The van der Waals surface area contributed by atoms with Gasteiger partial charge in [0.05, 0.1) is 0 Å². The average Bonchev–Trinajstić information content (AvgIpc) is 3.00. The van der Waals surface area contributed by atoms with Gasteiger partial charge >= 0.3 is 12.1 Å². The highest BCUT2D eigenvalue weighted by molar-refractivity contribution is 5.93. The summed E-state index contributed by atoms with van der Waals surface area (Å²) in [6, 6.07) is 9.45. The smallest absolute Gasteiger partial charge is 0.475 e. The first-order chi connectivity index (χ1) is 10.2. The quantitative estimate of drug-likeness (QED) is 0.499. The van der Waals surface area contributed by atoms with E-state index in [1.165, 1.54) is 17.9 Å². The van der Waals surface area contributed by atoms with Gasteiger partial charge in [-0.3, -0.25) is 9.80 Å². The molecule has 1 aliphatic rings. The normalized spacial score (nSPS) is 14.9. The molecule has 1 aliphatic carbocycles. The second kappa shape index (κ2) is 7.79. The van der Waals surface area contributed by atoms with E-state index in [1.54, 1.807) is 12.1 Å². The summed E-state index contributed by atoms with van der Waals surface area (Å²) in [5.74, 6) is 3.01. The third-order valence-electron chi connectivity index (χ3n) is 3.22. The van der Waals surface area contributed by atoms with Crippen LogP contribution in [0.15, 0.2) is 30.3 Å². The second-order valence-corrected chi connectivity index (χ2v) is 4.82.